The van der Waals surface area contributed by atoms with Crippen molar-refractivity contribution in [3.05, 3.63) is 50.6 Å². The number of hydrogen-bond donors (Lipinski definition) is 0. The van der Waals surface area contributed by atoms with Crippen molar-refractivity contribution in [2.75, 3.05) is 53.9 Å². The maximum absolute atomic E-state index is 11.2. The summed E-state index contributed by atoms with van der Waals surface area (Å²) in [5.74, 6) is -1.69. The molecule has 12 heteroatoms. The van der Waals surface area contributed by atoms with Gasteiger partial charge in [0.25, 0.3) is 0 Å². The Morgan fingerprint density at radius 3 is 1.02 bits per heavy atom. The van der Waals surface area contributed by atoms with E-state index in [4.69, 9.17) is 18.9 Å². The first kappa shape index (κ1) is 54.9. The molecule has 12 nitrogen and oxygen atoms in total. The van der Waals surface area contributed by atoms with Crippen LogP contribution in [0.25, 0.3) is 0 Å². The second kappa shape index (κ2) is 29.7. The highest BCUT2D eigenvalue weighted by molar-refractivity contribution is 5.90. The van der Waals surface area contributed by atoms with Crippen molar-refractivity contribution in [2.24, 2.45) is 21.7 Å². The second-order valence-corrected chi connectivity index (χ2v) is 14.4. The molecule has 0 aliphatic rings. The average molecular weight is 741 g/mol. The lowest BCUT2D eigenvalue weighted by Crippen LogP contribution is -2.27. The van der Waals surface area contributed by atoms with Crippen LogP contribution in [0.5, 0.6) is 0 Å². The highest BCUT2D eigenvalue weighted by atomic mass is 16.5. The maximum atomic E-state index is 11.2. The molecule has 0 amide bonds. The first-order valence-corrected chi connectivity index (χ1v) is 17.1. The van der Waals surface area contributed by atoms with Crippen molar-refractivity contribution in [2.45, 2.75) is 94.9 Å². The average Bonchev–Trinajstić information content (AvgIpc) is 3.10. The summed E-state index contributed by atoms with van der Waals surface area (Å²) in [6.07, 6.45) is 7.72. The summed E-state index contributed by atoms with van der Waals surface area (Å²) in [5, 5.41) is 0. The number of methoxy groups -OCH3 is 2. The summed E-state index contributed by atoms with van der Waals surface area (Å²) in [6, 6.07) is 0. The molecule has 0 rings (SSSR count). The fourth-order valence-corrected chi connectivity index (χ4v) is 2.87. The van der Waals surface area contributed by atoms with E-state index >= 15 is 0 Å². The number of rotatable bonds is 22. The van der Waals surface area contributed by atoms with E-state index in [2.05, 4.69) is 77.3 Å². The van der Waals surface area contributed by atoms with Gasteiger partial charge in [0.15, 0.2) is 11.6 Å². The Kier molecular flexibility index (Phi) is 31.3. The summed E-state index contributed by atoms with van der Waals surface area (Å²) < 4.78 is 29.2. The van der Waals surface area contributed by atoms with E-state index in [1.54, 1.807) is 27.7 Å². The van der Waals surface area contributed by atoms with E-state index in [1.807, 2.05) is 0 Å². The monoisotopic (exact) mass is 740 g/mol. The van der Waals surface area contributed by atoms with Gasteiger partial charge in [-0.25, -0.2) is 9.59 Å². The lowest BCUT2D eigenvalue weighted by Gasteiger charge is -2.21. The van der Waals surface area contributed by atoms with E-state index < -0.39 is 22.8 Å². The number of carbonyl (C=O) groups is 6. The van der Waals surface area contributed by atoms with Crippen molar-refractivity contribution in [1.29, 1.82) is 0 Å². The normalized spacial score (nSPS) is 10.8. The van der Waals surface area contributed by atoms with Gasteiger partial charge >= 0.3 is 23.9 Å². The molecule has 0 saturated heterocycles. The Labute approximate surface area is 313 Å². The zero-order valence-electron chi connectivity index (χ0n) is 34.1. The van der Waals surface area contributed by atoms with Crippen LogP contribution in [0.2, 0.25) is 0 Å². The summed E-state index contributed by atoms with van der Waals surface area (Å²) in [6.45, 7) is 34.8. The van der Waals surface area contributed by atoms with Crippen LogP contribution in [0.15, 0.2) is 50.6 Å². The first-order valence-electron chi connectivity index (χ1n) is 17.1. The van der Waals surface area contributed by atoms with E-state index in [0.717, 1.165) is 25.0 Å². The Morgan fingerprint density at radius 1 is 0.519 bits per heavy atom. The van der Waals surface area contributed by atoms with Crippen molar-refractivity contribution in [3.63, 3.8) is 0 Å². The summed E-state index contributed by atoms with van der Waals surface area (Å²) in [7, 11) is 2.67. The van der Waals surface area contributed by atoms with Crippen LogP contribution in [0, 0.1) is 21.7 Å². The van der Waals surface area contributed by atoms with E-state index in [1.165, 1.54) is 26.4 Å². The number of ether oxygens (including phenoxy) is 6. The van der Waals surface area contributed by atoms with Gasteiger partial charge in [0.05, 0.1) is 51.5 Å². The molecule has 52 heavy (non-hydrogen) atoms. The van der Waals surface area contributed by atoms with Gasteiger partial charge in [-0.2, -0.15) is 0 Å². The molecule has 0 aromatic heterocycles. The van der Waals surface area contributed by atoms with Crippen LogP contribution >= 0.6 is 0 Å². The van der Waals surface area contributed by atoms with Gasteiger partial charge in [-0.05, 0) is 76.4 Å². The van der Waals surface area contributed by atoms with Crippen molar-refractivity contribution >= 4 is 35.4 Å². The number of ketones is 2. The van der Waals surface area contributed by atoms with Crippen molar-refractivity contribution in [1.82, 2.24) is 0 Å². The molecule has 0 heterocycles. The molecule has 0 aliphatic heterocycles. The minimum atomic E-state index is -0.629. The molecule has 0 bridgehead atoms. The molecule has 0 saturated carbocycles. The van der Waals surface area contributed by atoms with Crippen LogP contribution < -0.4 is 0 Å². The predicted octanol–water partition coefficient (Wildman–Crippen LogP) is 7.00. The lowest BCUT2D eigenvalue weighted by molar-refractivity contribution is -0.153. The van der Waals surface area contributed by atoms with Crippen LogP contribution in [0.3, 0.4) is 0 Å². The zero-order chi connectivity index (χ0) is 41.6. The third-order valence-corrected chi connectivity index (χ3v) is 7.60. The predicted molar refractivity (Wildman–Crippen MR) is 203 cm³/mol. The first-order chi connectivity index (χ1) is 23.9. The topological polar surface area (TPSA) is 158 Å². The molecule has 0 radical (unpaired) electrons. The quantitative estimate of drug-likeness (QED) is 0.0637. The van der Waals surface area contributed by atoms with Gasteiger partial charge in [0, 0.05) is 12.2 Å². The lowest BCUT2D eigenvalue weighted by atomic mass is 9.90. The molecule has 0 spiro atoms. The summed E-state index contributed by atoms with van der Waals surface area (Å²) in [4.78, 5) is 65.2. The molecule has 0 N–H and O–H groups in total. The van der Waals surface area contributed by atoms with Crippen LogP contribution in [0.4, 0.5) is 0 Å². The van der Waals surface area contributed by atoms with E-state index in [0.29, 0.717) is 26.1 Å². The highest BCUT2D eigenvalue weighted by Gasteiger charge is 2.29. The Balaban J connectivity index is -0.000000296. The largest absolute Gasteiger partial charge is 0.469 e. The fraction of sp³-hybridized carbons (Fsp3) is 0.650. The maximum Gasteiger partial charge on any atom is 0.330 e. The zero-order valence-corrected chi connectivity index (χ0v) is 34.1. The third kappa shape index (κ3) is 32.0. The van der Waals surface area contributed by atoms with Gasteiger partial charge in [-0.3, -0.25) is 19.2 Å². The molecular weight excluding hydrogens is 672 g/mol. The highest BCUT2D eigenvalue weighted by Crippen LogP contribution is 2.23. The van der Waals surface area contributed by atoms with Gasteiger partial charge < -0.3 is 28.4 Å². The van der Waals surface area contributed by atoms with Gasteiger partial charge in [0.1, 0.15) is 13.2 Å². The van der Waals surface area contributed by atoms with Gasteiger partial charge in [-0.15, -0.1) is 0 Å². The van der Waals surface area contributed by atoms with Gasteiger partial charge in [0.2, 0.25) is 0 Å². The van der Waals surface area contributed by atoms with Crippen LogP contribution in [-0.4, -0.2) is 89.3 Å². The molecule has 0 aromatic rings. The van der Waals surface area contributed by atoms with E-state index in [9.17, 15) is 28.8 Å². The Morgan fingerprint density at radius 2 is 0.808 bits per heavy atom. The minimum Gasteiger partial charge on any atom is -0.469 e. The second-order valence-electron chi connectivity index (χ2n) is 14.4. The fourth-order valence-electron chi connectivity index (χ4n) is 2.87. The Bertz CT molecular complexity index is 1040. The smallest absolute Gasteiger partial charge is 0.330 e. The number of hydrogen-bond acceptors (Lipinski definition) is 12. The summed E-state index contributed by atoms with van der Waals surface area (Å²) in [5.41, 5.74) is -0.921. The Hall–Kier alpha value is -3.90. The molecule has 0 aliphatic carbocycles. The van der Waals surface area contributed by atoms with Gasteiger partial charge in [-0.1, -0.05) is 67.9 Å². The summed E-state index contributed by atoms with van der Waals surface area (Å²) >= 11 is 0. The SMILES string of the molecule is C=CC(=O)COCC(C)(C)CC.C=CC(=O)COCC(C)(C)CC.C=CC(=O)OCCC(C)(C)C(=O)OC.C=CC(=O)OCCC(C)(C)C(=O)OC. The van der Waals surface area contributed by atoms with Crippen LogP contribution in [-0.2, 0) is 57.2 Å². The van der Waals surface area contributed by atoms with Crippen molar-refractivity contribution in [3.8, 4) is 0 Å². The molecule has 0 fully saturated rings. The number of carbonyl (C=O) groups excluding carboxylic acids is 6. The standard InChI is InChI=1S/2C10H16O4.2C10H18O2/c2*1-5-8(11)14-7-6-10(2,3)9(12)13-4;2*1-5-9(11)7-12-8-10(3,4)6-2/h2*5H,1,6-7H2,2-4H3;2*5H,1,6-8H2,2-4H3. The molecule has 0 aromatic carbocycles. The van der Waals surface area contributed by atoms with Crippen LogP contribution in [0.1, 0.15) is 94.9 Å². The molecule has 0 unspecified atom stereocenters. The molecule has 300 valence electrons. The third-order valence-electron chi connectivity index (χ3n) is 7.60. The van der Waals surface area contributed by atoms with Crippen molar-refractivity contribution < 1.29 is 57.2 Å². The molecular formula is C40H68O12. The van der Waals surface area contributed by atoms with E-state index in [-0.39, 0.29) is 60.8 Å². The number of esters is 4. The molecule has 0 atom stereocenters. The minimum absolute atomic E-state index is 0.0538.